The van der Waals surface area contributed by atoms with E-state index in [9.17, 15) is 8.78 Å². The summed E-state index contributed by atoms with van der Waals surface area (Å²) in [6, 6.07) is 11.3. The van der Waals surface area contributed by atoms with Gasteiger partial charge in [-0.3, -0.25) is 0 Å². The van der Waals surface area contributed by atoms with E-state index >= 15 is 0 Å². The Kier molecular flexibility index (Phi) is 3.29. The number of hydrogen-bond donors (Lipinski definition) is 0. The lowest BCUT2D eigenvalue weighted by molar-refractivity contribution is 0.508. The highest BCUT2D eigenvalue weighted by molar-refractivity contribution is 7.81. The fourth-order valence-corrected chi connectivity index (χ4v) is 1.77. The number of benzene rings is 2. The molecule has 0 bridgehead atoms. The molecule has 0 aliphatic carbocycles. The molecule has 0 spiro atoms. The highest BCUT2D eigenvalue weighted by Gasteiger charge is 2.08. The van der Waals surface area contributed by atoms with Gasteiger partial charge in [0.2, 0.25) is 0 Å². The molecule has 0 aliphatic heterocycles. The van der Waals surface area contributed by atoms with Crippen molar-refractivity contribution in [3.05, 3.63) is 70.8 Å². The Balaban J connectivity index is 2.37. The van der Waals surface area contributed by atoms with E-state index in [-0.39, 0.29) is 0 Å². The van der Waals surface area contributed by atoms with Gasteiger partial charge in [-0.15, -0.1) is 0 Å². The van der Waals surface area contributed by atoms with Gasteiger partial charge in [0, 0.05) is 0 Å². The van der Waals surface area contributed by atoms with Crippen LogP contribution in [0.2, 0.25) is 0 Å². The molecule has 17 heavy (non-hydrogen) atoms. The van der Waals surface area contributed by atoms with Crippen LogP contribution >= 0.6 is 12.2 Å². The summed E-state index contributed by atoms with van der Waals surface area (Å²) in [5.41, 5.74) is 2.47. The Morgan fingerprint density at radius 3 is 2.06 bits per heavy atom. The third-order valence-electron chi connectivity index (χ3n) is 2.50. The molecule has 0 heterocycles. The minimum absolute atomic E-state index is 0.516. The van der Waals surface area contributed by atoms with Crippen LogP contribution in [0.4, 0.5) is 8.78 Å². The van der Waals surface area contributed by atoms with E-state index in [4.69, 9.17) is 12.2 Å². The molecule has 2 aromatic rings. The zero-order valence-corrected chi connectivity index (χ0v) is 10.0. The standard InChI is InChI=1S/C14H10F2S/c1-9-2-4-10(5-3-9)14(17)11-6-7-12(15)13(16)8-11/h2-8H,1H3. The van der Waals surface area contributed by atoms with Crippen molar-refractivity contribution in [3.8, 4) is 0 Å². The Morgan fingerprint density at radius 1 is 0.882 bits per heavy atom. The normalized spacial score (nSPS) is 10.3. The van der Waals surface area contributed by atoms with Crippen molar-refractivity contribution < 1.29 is 8.78 Å². The molecule has 0 nitrogen and oxygen atoms in total. The molecule has 0 unspecified atom stereocenters. The van der Waals surface area contributed by atoms with E-state index in [1.165, 1.54) is 6.07 Å². The molecule has 3 heteroatoms. The lowest BCUT2D eigenvalue weighted by Crippen LogP contribution is -2.01. The molecule has 86 valence electrons. The Bertz CT molecular complexity index is 559. The summed E-state index contributed by atoms with van der Waals surface area (Å²) in [4.78, 5) is 0.518. The zero-order valence-electron chi connectivity index (χ0n) is 9.21. The van der Waals surface area contributed by atoms with Crippen molar-refractivity contribution in [1.29, 1.82) is 0 Å². The Labute approximate surface area is 104 Å². The van der Waals surface area contributed by atoms with Crippen LogP contribution in [-0.2, 0) is 0 Å². The first kappa shape index (κ1) is 11.9. The van der Waals surface area contributed by atoms with Gasteiger partial charge in [-0.1, -0.05) is 48.1 Å². The van der Waals surface area contributed by atoms with Crippen molar-refractivity contribution >= 4 is 17.1 Å². The second kappa shape index (κ2) is 4.72. The van der Waals surface area contributed by atoms with Crippen molar-refractivity contribution in [3.63, 3.8) is 0 Å². The van der Waals surface area contributed by atoms with Crippen LogP contribution in [0.1, 0.15) is 16.7 Å². The molecular formula is C14H10F2S. The van der Waals surface area contributed by atoms with E-state index in [2.05, 4.69) is 0 Å². The summed E-state index contributed by atoms with van der Waals surface area (Å²) < 4.78 is 25.9. The molecule has 2 aromatic carbocycles. The van der Waals surface area contributed by atoms with E-state index in [1.54, 1.807) is 0 Å². The third-order valence-corrected chi connectivity index (χ3v) is 2.97. The Hall–Kier alpha value is -1.61. The molecule has 2 rings (SSSR count). The average molecular weight is 248 g/mol. The van der Waals surface area contributed by atoms with Crippen LogP contribution in [0.5, 0.6) is 0 Å². The second-order valence-electron chi connectivity index (χ2n) is 3.82. The smallest absolute Gasteiger partial charge is 0.159 e. The van der Waals surface area contributed by atoms with Crippen LogP contribution < -0.4 is 0 Å². The minimum atomic E-state index is -0.878. The average Bonchev–Trinajstić information content (AvgIpc) is 2.33. The van der Waals surface area contributed by atoms with Crippen molar-refractivity contribution in [2.75, 3.05) is 0 Å². The summed E-state index contributed by atoms with van der Waals surface area (Å²) in [7, 11) is 0. The second-order valence-corrected chi connectivity index (χ2v) is 4.23. The first-order valence-electron chi connectivity index (χ1n) is 5.14. The molecule has 0 saturated heterocycles. The lowest BCUT2D eigenvalue weighted by atomic mass is 10.0. The molecule has 0 atom stereocenters. The number of halogens is 2. The van der Waals surface area contributed by atoms with E-state index in [0.717, 1.165) is 23.3 Å². The predicted molar refractivity (Wildman–Crippen MR) is 68.3 cm³/mol. The highest BCUT2D eigenvalue weighted by atomic mass is 32.1. The molecule has 0 radical (unpaired) electrons. The first-order chi connectivity index (χ1) is 8.08. The highest BCUT2D eigenvalue weighted by Crippen LogP contribution is 2.15. The predicted octanol–water partition coefficient (Wildman–Crippen LogP) is 4.04. The van der Waals surface area contributed by atoms with Gasteiger partial charge in [-0.2, -0.15) is 0 Å². The summed E-state index contributed by atoms with van der Waals surface area (Å²) in [5, 5.41) is 0. The molecular weight excluding hydrogens is 238 g/mol. The summed E-state index contributed by atoms with van der Waals surface area (Å²) in [5.74, 6) is -1.74. The van der Waals surface area contributed by atoms with Crippen LogP contribution in [0.25, 0.3) is 0 Å². The summed E-state index contributed by atoms with van der Waals surface area (Å²) in [6.07, 6.45) is 0. The largest absolute Gasteiger partial charge is 0.204 e. The molecule has 0 amide bonds. The number of rotatable bonds is 2. The van der Waals surface area contributed by atoms with E-state index < -0.39 is 11.6 Å². The van der Waals surface area contributed by atoms with Gasteiger partial charge in [0.15, 0.2) is 11.6 Å². The van der Waals surface area contributed by atoms with Crippen LogP contribution in [-0.4, -0.2) is 4.86 Å². The summed E-state index contributed by atoms with van der Waals surface area (Å²) in [6.45, 7) is 1.98. The monoisotopic (exact) mass is 248 g/mol. The van der Waals surface area contributed by atoms with Crippen molar-refractivity contribution in [2.45, 2.75) is 6.92 Å². The topological polar surface area (TPSA) is 0 Å². The van der Waals surface area contributed by atoms with Crippen LogP contribution in [0, 0.1) is 18.6 Å². The van der Waals surface area contributed by atoms with Crippen LogP contribution in [0.3, 0.4) is 0 Å². The first-order valence-corrected chi connectivity index (χ1v) is 5.55. The Morgan fingerprint density at radius 2 is 1.47 bits per heavy atom. The van der Waals surface area contributed by atoms with E-state index in [0.29, 0.717) is 10.4 Å². The zero-order chi connectivity index (χ0) is 12.4. The molecule has 0 aliphatic rings. The molecule has 0 N–H and O–H groups in total. The van der Waals surface area contributed by atoms with Gasteiger partial charge >= 0.3 is 0 Å². The van der Waals surface area contributed by atoms with Gasteiger partial charge in [-0.25, -0.2) is 8.78 Å². The molecule has 0 aromatic heterocycles. The molecule has 0 saturated carbocycles. The van der Waals surface area contributed by atoms with Crippen molar-refractivity contribution in [2.24, 2.45) is 0 Å². The fourth-order valence-electron chi connectivity index (χ4n) is 1.51. The van der Waals surface area contributed by atoms with E-state index in [1.807, 2.05) is 31.2 Å². The maximum absolute atomic E-state index is 13.1. The third kappa shape index (κ3) is 2.56. The molecule has 0 fully saturated rings. The SMILES string of the molecule is Cc1ccc(C(=S)c2ccc(F)c(F)c2)cc1. The van der Waals surface area contributed by atoms with Crippen LogP contribution in [0.15, 0.2) is 42.5 Å². The fraction of sp³-hybridized carbons (Fsp3) is 0.0714. The summed E-state index contributed by atoms with van der Waals surface area (Å²) >= 11 is 5.24. The van der Waals surface area contributed by atoms with Gasteiger partial charge in [0.1, 0.15) is 0 Å². The number of aryl methyl sites for hydroxylation is 1. The van der Waals surface area contributed by atoms with Gasteiger partial charge < -0.3 is 0 Å². The van der Waals surface area contributed by atoms with Crippen molar-refractivity contribution in [1.82, 2.24) is 0 Å². The minimum Gasteiger partial charge on any atom is -0.204 e. The van der Waals surface area contributed by atoms with Gasteiger partial charge in [0.25, 0.3) is 0 Å². The number of hydrogen-bond acceptors (Lipinski definition) is 1. The number of thiocarbonyl (C=S) groups is 1. The van der Waals surface area contributed by atoms with Gasteiger partial charge in [-0.05, 0) is 30.2 Å². The maximum atomic E-state index is 13.1. The maximum Gasteiger partial charge on any atom is 0.159 e. The lowest BCUT2D eigenvalue weighted by Gasteiger charge is -2.05. The van der Waals surface area contributed by atoms with Gasteiger partial charge in [0.05, 0.1) is 4.86 Å². The quantitative estimate of drug-likeness (QED) is 0.571.